The first-order valence-electron chi connectivity index (χ1n) is 7.55. The molecule has 1 aliphatic heterocycles. The molecule has 1 amide bonds. The minimum atomic E-state index is 0.0331. The Hall–Kier alpha value is -1.04. The lowest BCUT2D eigenvalue weighted by molar-refractivity contribution is 0.0762. The molecule has 0 spiro atoms. The second-order valence-corrected chi connectivity index (χ2v) is 6.30. The Kier molecular flexibility index (Phi) is 5.67. The lowest BCUT2D eigenvalue weighted by Gasteiger charge is -2.29. The number of carbonyl (C=O) groups is 1. The highest BCUT2D eigenvalue weighted by atomic mass is 35.5. The van der Waals surface area contributed by atoms with Crippen molar-refractivity contribution in [1.82, 2.24) is 19.7 Å². The number of piperazine rings is 1. The lowest BCUT2D eigenvalue weighted by atomic mass is 10.3. The van der Waals surface area contributed by atoms with Gasteiger partial charge in [0.2, 0.25) is 0 Å². The van der Waals surface area contributed by atoms with Gasteiger partial charge in [-0.3, -0.25) is 9.69 Å². The monoisotopic (exact) mass is 312 g/mol. The molecule has 0 unspecified atom stereocenters. The predicted octanol–water partition coefficient (Wildman–Crippen LogP) is 1.70. The number of carbonyl (C=O) groups excluding carboxylic acids is 1. The van der Waals surface area contributed by atoms with Crippen molar-refractivity contribution in [2.24, 2.45) is 0 Å². The maximum absolute atomic E-state index is 12.6. The van der Waals surface area contributed by atoms with E-state index < -0.39 is 0 Å². The third-order valence-electron chi connectivity index (χ3n) is 3.90. The molecule has 0 radical (unpaired) electrons. The molecule has 2 heterocycles. The minimum absolute atomic E-state index is 0.0331. The van der Waals surface area contributed by atoms with Gasteiger partial charge in [0.05, 0.1) is 5.02 Å². The second kappa shape index (κ2) is 7.29. The topological polar surface area (TPSA) is 40.5 Å². The van der Waals surface area contributed by atoms with Crippen LogP contribution < -0.4 is 5.32 Å². The van der Waals surface area contributed by atoms with E-state index in [1.165, 1.54) is 0 Å². The number of nitrogens with one attached hydrogen (secondary N) is 1. The molecule has 2 rings (SSSR count). The summed E-state index contributed by atoms with van der Waals surface area (Å²) in [5, 5.41) is 3.95. The Balaban J connectivity index is 1.95. The predicted molar refractivity (Wildman–Crippen MR) is 86.1 cm³/mol. The van der Waals surface area contributed by atoms with Crippen LogP contribution in [0.25, 0.3) is 0 Å². The molecule has 1 saturated heterocycles. The number of aromatic nitrogens is 1. The molecule has 0 aliphatic carbocycles. The average Bonchev–Trinajstić information content (AvgIpc) is 2.87. The van der Waals surface area contributed by atoms with Crippen LogP contribution in [0.3, 0.4) is 0 Å². The van der Waals surface area contributed by atoms with Crippen molar-refractivity contribution < 1.29 is 4.79 Å². The van der Waals surface area contributed by atoms with E-state index in [1.807, 2.05) is 31.7 Å². The van der Waals surface area contributed by atoms with Crippen molar-refractivity contribution >= 4 is 17.5 Å². The zero-order valence-electron chi connectivity index (χ0n) is 13.1. The molecule has 1 aromatic rings. The lowest BCUT2D eigenvalue weighted by Crippen LogP contribution is -2.46. The minimum Gasteiger partial charge on any atom is -0.339 e. The summed E-state index contributed by atoms with van der Waals surface area (Å²) in [6, 6.07) is 1.98. The van der Waals surface area contributed by atoms with Crippen LogP contribution in [0.1, 0.15) is 30.4 Å². The van der Waals surface area contributed by atoms with Gasteiger partial charge < -0.3 is 14.8 Å². The number of halogens is 1. The smallest absolute Gasteiger partial charge is 0.270 e. The number of rotatable bonds is 5. The van der Waals surface area contributed by atoms with Gasteiger partial charge in [-0.1, -0.05) is 11.6 Å². The highest BCUT2D eigenvalue weighted by Crippen LogP contribution is 2.20. The van der Waals surface area contributed by atoms with Gasteiger partial charge in [0.15, 0.2) is 0 Å². The van der Waals surface area contributed by atoms with Gasteiger partial charge in [-0.25, -0.2) is 0 Å². The maximum atomic E-state index is 12.6. The SMILES string of the molecule is CC(C)n1cc(Cl)cc1C(=O)N(C)CCN1CCNCC1. The molecule has 5 nitrogen and oxygen atoms in total. The fraction of sp³-hybridized carbons (Fsp3) is 0.667. The van der Waals surface area contributed by atoms with Crippen LogP contribution in [0.15, 0.2) is 12.3 Å². The number of nitrogens with zero attached hydrogens (tertiary/aromatic N) is 3. The van der Waals surface area contributed by atoms with E-state index in [1.54, 1.807) is 11.0 Å². The van der Waals surface area contributed by atoms with Crippen molar-refractivity contribution in [2.75, 3.05) is 46.3 Å². The summed E-state index contributed by atoms with van der Waals surface area (Å²) in [7, 11) is 1.86. The van der Waals surface area contributed by atoms with Crippen LogP contribution in [-0.4, -0.2) is 66.6 Å². The summed E-state index contributed by atoms with van der Waals surface area (Å²) in [6.45, 7) is 9.92. The summed E-state index contributed by atoms with van der Waals surface area (Å²) in [4.78, 5) is 16.7. The summed E-state index contributed by atoms with van der Waals surface area (Å²) >= 11 is 6.05. The molecule has 6 heteroatoms. The number of hydrogen-bond acceptors (Lipinski definition) is 3. The van der Waals surface area contributed by atoms with Gasteiger partial charge in [0, 0.05) is 58.6 Å². The Morgan fingerprint density at radius 2 is 2.10 bits per heavy atom. The van der Waals surface area contributed by atoms with Gasteiger partial charge in [0.25, 0.3) is 5.91 Å². The van der Waals surface area contributed by atoms with Crippen LogP contribution in [0.2, 0.25) is 5.02 Å². The van der Waals surface area contributed by atoms with E-state index in [-0.39, 0.29) is 11.9 Å². The quantitative estimate of drug-likeness (QED) is 0.899. The van der Waals surface area contributed by atoms with Crippen molar-refractivity contribution in [3.63, 3.8) is 0 Å². The van der Waals surface area contributed by atoms with E-state index in [0.717, 1.165) is 39.3 Å². The van der Waals surface area contributed by atoms with Crippen molar-refractivity contribution in [3.8, 4) is 0 Å². The van der Waals surface area contributed by atoms with Crippen molar-refractivity contribution in [1.29, 1.82) is 0 Å². The number of amides is 1. The number of hydrogen-bond donors (Lipinski definition) is 1. The van der Waals surface area contributed by atoms with E-state index in [2.05, 4.69) is 10.2 Å². The van der Waals surface area contributed by atoms with Crippen LogP contribution in [0.4, 0.5) is 0 Å². The van der Waals surface area contributed by atoms with E-state index in [0.29, 0.717) is 10.7 Å². The molecule has 1 N–H and O–H groups in total. The zero-order chi connectivity index (χ0) is 15.4. The maximum Gasteiger partial charge on any atom is 0.270 e. The standard InChI is InChI=1S/C15H25ClN4O/c1-12(2)20-11-13(16)10-14(20)15(21)18(3)8-9-19-6-4-17-5-7-19/h10-12,17H,4-9H2,1-3H3. The molecule has 1 aromatic heterocycles. The Morgan fingerprint density at radius 1 is 1.43 bits per heavy atom. The second-order valence-electron chi connectivity index (χ2n) is 5.86. The average molecular weight is 313 g/mol. The summed E-state index contributed by atoms with van der Waals surface area (Å²) in [6.07, 6.45) is 1.82. The first-order valence-corrected chi connectivity index (χ1v) is 7.92. The van der Waals surface area contributed by atoms with Crippen LogP contribution in [-0.2, 0) is 0 Å². The van der Waals surface area contributed by atoms with Crippen LogP contribution in [0, 0.1) is 0 Å². The third kappa shape index (κ3) is 4.22. The molecule has 1 aliphatic rings. The van der Waals surface area contributed by atoms with E-state index in [4.69, 9.17) is 11.6 Å². The molecular weight excluding hydrogens is 288 g/mol. The first-order chi connectivity index (χ1) is 9.99. The molecule has 1 fully saturated rings. The fourth-order valence-corrected chi connectivity index (χ4v) is 2.78. The summed E-state index contributed by atoms with van der Waals surface area (Å²) in [5.41, 5.74) is 0.665. The molecule has 21 heavy (non-hydrogen) atoms. The zero-order valence-corrected chi connectivity index (χ0v) is 13.9. The largest absolute Gasteiger partial charge is 0.339 e. The normalized spacial score (nSPS) is 16.4. The van der Waals surface area contributed by atoms with Gasteiger partial charge in [0.1, 0.15) is 5.69 Å². The van der Waals surface area contributed by atoms with Gasteiger partial charge in [-0.05, 0) is 19.9 Å². The van der Waals surface area contributed by atoms with Crippen molar-refractivity contribution in [3.05, 3.63) is 23.0 Å². The van der Waals surface area contributed by atoms with E-state index in [9.17, 15) is 4.79 Å². The highest BCUT2D eigenvalue weighted by Gasteiger charge is 2.19. The first kappa shape index (κ1) is 16.3. The highest BCUT2D eigenvalue weighted by molar-refractivity contribution is 6.31. The molecule has 0 atom stereocenters. The Morgan fingerprint density at radius 3 is 2.71 bits per heavy atom. The molecule has 118 valence electrons. The van der Waals surface area contributed by atoms with Crippen LogP contribution in [0.5, 0.6) is 0 Å². The van der Waals surface area contributed by atoms with Gasteiger partial charge in [-0.15, -0.1) is 0 Å². The summed E-state index contributed by atoms with van der Waals surface area (Å²) < 4.78 is 1.94. The van der Waals surface area contributed by atoms with E-state index >= 15 is 0 Å². The van der Waals surface area contributed by atoms with Crippen LogP contribution >= 0.6 is 11.6 Å². The molecular formula is C15H25ClN4O. The Labute approximate surface area is 131 Å². The van der Waals surface area contributed by atoms with Gasteiger partial charge >= 0.3 is 0 Å². The summed E-state index contributed by atoms with van der Waals surface area (Å²) in [5.74, 6) is 0.0331. The fourth-order valence-electron chi connectivity index (χ4n) is 2.57. The Bertz CT molecular complexity index is 480. The number of likely N-dealkylation sites (N-methyl/N-ethyl adjacent to an activating group) is 1. The molecule has 0 saturated carbocycles. The third-order valence-corrected chi connectivity index (χ3v) is 4.11. The van der Waals surface area contributed by atoms with Gasteiger partial charge in [-0.2, -0.15) is 0 Å². The molecule has 0 bridgehead atoms. The van der Waals surface area contributed by atoms with Crippen molar-refractivity contribution in [2.45, 2.75) is 19.9 Å². The molecule has 0 aromatic carbocycles.